The fourth-order valence-electron chi connectivity index (χ4n) is 3.30. The molecular formula is C17H27N3O. The van der Waals surface area contributed by atoms with Gasteiger partial charge in [-0.25, -0.2) is 9.97 Å². The second kappa shape index (κ2) is 6.41. The van der Waals surface area contributed by atoms with Gasteiger partial charge in [-0.1, -0.05) is 19.3 Å². The summed E-state index contributed by atoms with van der Waals surface area (Å²) in [4.78, 5) is 9.58. The van der Waals surface area contributed by atoms with Gasteiger partial charge in [-0.2, -0.15) is 0 Å². The first-order valence-corrected chi connectivity index (χ1v) is 8.44. The standard InChI is InChI=1S/C17H27N3O/c1-3-21-17(9-5-4-6-10-17)16-19-13(2)11-15(20-16)12-18-14-7-8-14/h11,14,18H,3-10,12H2,1-2H3. The van der Waals surface area contributed by atoms with Crippen molar-refractivity contribution in [3.8, 4) is 0 Å². The largest absolute Gasteiger partial charge is 0.367 e. The molecular weight excluding hydrogens is 262 g/mol. The summed E-state index contributed by atoms with van der Waals surface area (Å²) in [5.41, 5.74) is 1.92. The van der Waals surface area contributed by atoms with E-state index in [2.05, 4.69) is 25.2 Å². The summed E-state index contributed by atoms with van der Waals surface area (Å²) in [7, 11) is 0. The van der Waals surface area contributed by atoms with Gasteiger partial charge in [0.1, 0.15) is 5.60 Å². The quantitative estimate of drug-likeness (QED) is 0.873. The van der Waals surface area contributed by atoms with Crippen LogP contribution in [0.15, 0.2) is 6.07 Å². The Morgan fingerprint density at radius 1 is 1.24 bits per heavy atom. The van der Waals surface area contributed by atoms with E-state index in [9.17, 15) is 0 Å². The monoisotopic (exact) mass is 289 g/mol. The fourth-order valence-corrected chi connectivity index (χ4v) is 3.30. The molecule has 2 fully saturated rings. The van der Waals surface area contributed by atoms with Crippen molar-refractivity contribution in [2.75, 3.05) is 6.61 Å². The molecule has 0 bridgehead atoms. The van der Waals surface area contributed by atoms with E-state index in [1.807, 2.05) is 0 Å². The van der Waals surface area contributed by atoms with Crippen molar-refractivity contribution < 1.29 is 4.74 Å². The van der Waals surface area contributed by atoms with E-state index in [0.29, 0.717) is 6.04 Å². The SMILES string of the molecule is CCOC1(c2nc(C)cc(CNC3CC3)n2)CCCCC1. The van der Waals surface area contributed by atoms with Gasteiger partial charge in [0, 0.05) is 24.9 Å². The Labute approximate surface area is 127 Å². The van der Waals surface area contributed by atoms with Crippen LogP contribution >= 0.6 is 0 Å². The predicted octanol–water partition coefficient (Wildman–Crippen LogP) is 3.23. The van der Waals surface area contributed by atoms with Gasteiger partial charge in [0.05, 0.1) is 5.69 Å². The molecule has 3 rings (SSSR count). The van der Waals surface area contributed by atoms with Gasteiger partial charge >= 0.3 is 0 Å². The Bertz CT molecular complexity index is 473. The summed E-state index contributed by atoms with van der Waals surface area (Å²) in [5, 5.41) is 3.54. The van der Waals surface area contributed by atoms with Crippen molar-refractivity contribution in [2.24, 2.45) is 0 Å². The lowest BCUT2D eigenvalue weighted by molar-refractivity contribution is -0.0769. The van der Waals surface area contributed by atoms with Crippen molar-refractivity contribution in [1.82, 2.24) is 15.3 Å². The van der Waals surface area contributed by atoms with Crippen LogP contribution < -0.4 is 5.32 Å². The molecule has 4 nitrogen and oxygen atoms in total. The third-order valence-electron chi connectivity index (χ3n) is 4.55. The van der Waals surface area contributed by atoms with Crippen molar-refractivity contribution in [1.29, 1.82) is 0 Å². The third kappa shape index (κ3) is 3.61. The number of aromatic nitrogens is 2. The van der Waals surface area contributed by atoms with Gasteiger partial charge in [0.15, 0.2) is 5.82 Å². The molecule has 1 heterocycles. The molecule has 2 saturated carbocycles. The topological polar surface area (TPSA) is 47.0 Å². The molecule has 4 heteroatoms. The molecule has 116 valence electrons. The Kier molecular flexibility index (Phi) is 4.55. The molecule has 0 aromatic carbocycles. The van der Waals surface area contributed by atoms with Crippen LogP contribution in [0.4, 0.5) is 0 Å². The van der Waals surface area contributed by atoms with Gasteiger partial charge in [0.2, 0.25) is 0 Å². The molecule has 1 aromatic heterocycles. The number of aryl methyl sites for hydroxylation is 1. The molecule has 0 spiro atoms. The Balaban J connectivity index is 1.83. The van der Waals surface area contributed by atoms with Crippen molar-refractivity contribution in [2.45, 2.75) is 77.0 Å². The van der Waals surface area contributed by atoms with Crippen LogP contribution in [-0.2, 0) is 16.9 Å². The van der Waals surface area contributed by atoms with Crippen LogP contribution in [0.1, 0.15) is 69.1 Å². The van der Waals surface area contributed by atoms with Crippen LogP contribution in [0, 0.1) is 6.92 Å². The molecule has 2 aliphatic carbocycles. The van der Waals surface area contributed by atoms with Crippen molar-refractivity contribution >= 4 is 0 Å². The van der Waals surface area contributed by atoms with E-state index in [1.165, 1.54) is 32.1 Å². The van der Waals surface area contributed by atoms with E-state index >= 15 is 0 Å². The normalized spacial score (nSPS) is 21.4. The van der Waals surface area contributed by atoms with Gasteiger partial charge in [-0.3, -0.25) is 0 Å². The molecule has 0 aliphatic heterocycles. The molecule has 1 aromatic rings. The first kappa shape index (κ1) is 14.9. The minimum Gasteiger partial charge on any atom is -0.367 e. The number of ether oxygens (including phenoxy) is 1. The van der Waals surface area contributed by atoms with E-state index in [1.54, 1.807) is 0 Å². The molecule has 0 atom stereocenters. The number of hydrogen-bond acceptors (Lipinski definition) is 4. The highest BCUT2D eigenvalue weighted by Gasteiger charge is 2.37. The highest BCUT2D eigenvalue weighted by Crippen LogP contribution is 2.39. The number of hydrogen-bond donors (Lipinski definition) is 1. The molecule has 2 aliphatic rings. The second-order valence-electron chi connectivity index (χ2n) is 6.47. The van der Waals surface area contributed by atoms with E-state index < -0.39 is 0 Å². The van der Waals surface area contributed by atoms with Crippen molar-refractivity contribution in [3.63, 3.8) is 0 Å². The number of nitrogens with zero attached hydrogens (tertiary/aromatic N) is 2. The van der Waals surface area contributed by atoms with Crippen LogP contribution in [-0.4, -0.2) is 22.6 Å². The zero-order valence-electron chi connectivity index (χ0n) is 13.3. The van der Waals surface area contributed by atoms with E-state index in [-0.39, 0.29) is 5.60 Å². The molecule has 0 amide bonds. The number of rotatable bonds is 6. The summed E-state index contributed by atoms with van der Waals surface area (Å²) in [6.07, 6.45) is 8.45. The average molecular weight is 289 g/mol. The summed E-state index contributed by atoms with van der Waals surface area (Å²) < 4.78 is 6.16. The first-order chi connectivity index (χ1) is 10.2. The Hall–Kier alpha value is -1.00. The number of nitrogens with one attached hydrogen (secondary N) is 1. The molecule has 21 heavy (non-hydrogen) atoms. The lowest BCUT2D eigenvalue weighted by Gasteiger charge is -2.35. The lowest BCUT2D eigenvalue weighted by Crippen LogP contribution is -2.35. The Morgan fingerprint density at radius 3 is 2.67 bits per heavy atom. The zero-order valence-corrected chi connectivity index (χ0v) is 13.3. The smallest absolute Gasteiger partial charge is 0.160 e. The minimum atomic E-state index is -0.243. The highest BCUT2D eigenvalue weighted by molar-refractivity contribution is 5.15. The maximum atomic E-state index is 6.16. The molecule has 1 N–H and O–H groups in total. The fraction of sp³-hybridized carbons (Fsp3) is 0.765. The van der Waals surface area contributed by atoms with Gasteiger partial charge in [-0.15, -0.1) is 0 Å². The Morgan fingerprint density at radius 2 is 2.00 bits per heavy atom. The van der Waals surface area contributed by atoms with Gasteiger partial charge in [-0.05, 0) is 45.6 Å². The second-order valence-corrected chi connectivity index (χ2v) is 6.47. The van der Waals surface area contributed by atoms with E-state index in [4.69, 9.17) is 14.7 Å². The summed E-state index contributed by atoms with van der Waals surface area (Å²) in [5.74, 6) is 0.914. The predicted molar refractivity (Wildman–Crippen MR) is 83.0 cm³/mol. The maximum absolute atomic E-state index is 6.16. The third-order valence-corrected chi connectivity index (χ3v) is 4.55. The first-order valence-electron chi connectivity index (χ1n) is 8.44. The van der Waals surface area contributed by atoms with Crippen LogP contribution in [0.25, 0.3) is 0 Å². The van der Waals surface area contributed by atoms with Crippen LogP contribution in [0.3, 0.4) is 0 Å². The van der Waals surface area contributed by atoms with Crippen LogP contribution in [0.5, 0.6) is 0 Å². The van der Waals surface area contributed by atoms with Crippen molar-refractivity contribution in [3.05, 3.63) is 23.3 Å². The molecule has 0 saturated heterocycles. The summed E-state index contributed by atoms with van der Waals surface area (Å²) in [6.45, 7) is 5.71. The summed E-state index contributed by atoms with van der Waals surface area (Å²) in [6, 6.07) is 2.81. The lowest BCUT2D eigenvalue weighted by atomic mass is 9.83. The van der Waals surface area contributed by atoms with Gasteiger partial charge < -0.3 is 10.1 Å². The maximum Gasteiger partial charge on any atom is 0.160 e. The molecule has 0 radical (unpaired) electrons. The minimum absolute atomic E-state index is 0.243. The highest BCUT2D eigenvalue weighted by atomic mass is 16.5. The van der Waals surface area contributed by atoms with Crippen LogP contribution in [0.2, 0.25) is 0 Å². The average Bonchev–Trinajstić information content (AvgIpc) is 3.30. The summed E-state index contributed by atoms with van der Waals surface area (Å²) >= 11 is 0. The zero-order chi connectivity index (χ0) is 14.7. The molecule has 0 unspecified atom stereocenters. The van der Waals surface area contributed by atoms with Gasteiger partial charge in [0.25, 0.3) is 0 Å². The van der Waals surface area contributed by atoms with E-state index in [0.717, 1.165) is 43.2 Å².